The van der Waals surface area contributed by atoms with E-state index < -0.39 is 17.6 Å². The number of thiazole rings is 1. The van der Waals surface area contributed by atoms with Gasteiger partial charge in [0.2, 0.25) is 0 Å². The van der Waals surface area contributed by atoms with Gasteiger partial charge in [-0.05, 0) is 56.7 Å². The molecule has 2 aromatic heterocycles. The molecule has 6 rings (SSSR count). The van der Waals surface area contributed by atoms with E-state index in [-0.39, 0.29) is 23.3 Å². The predicted octanol–water partition coefficient (Wildman–Crippen LogP) is 6.13. The minimum atomic E-state index is -4.64. The molecular formula is C26H25F4N5OS. The van der Waals surface area contributed by atoms with Crippen molar-refractivity contribution in [1.29, 1.82) is 0 Å². The number of nitrogens with zero attached hydrogens (tertiary/aromatic N) is 4. The molecule has 37 heavy (non-hydrogen) atoms. The van der Waals surface area contributed by atoms with E-state index in [9.17, 15) is 13.2 Å². The first-order valence-electron chi connectivity index (χ1n) is 12.4. The van der Waals surface area contributed by atoms with Crippen LogP contribution in [0.1, 0.15) is 66.8 Å². The summed E-state index contributed by atoms with van der Waals surface area (Å²) in [5.74, 6) is -0.256. The minimum Gasteiger partial charge on any atom is -0.404 e. The minimum absolute atomic E-state index is 0.00960. The predicted molar refractivity (Wildman–Crippen MR) is 133 cm³/mol. The second kappa shape index (κ2) is 9.43. The zero-order valence-electron chi connectivity index (χ0n) is 19.8. The second-order valence-corrected chi connectivity index (χ2v) is 10.9. The molecule has 2 saturated carbocycles. The van der Waals surface area contributed by atoms with Crippen LogP contribution in [0.3, 0.4) is 0 Å². The molecule has 0 bridgehead atoms. The smallest absolute Gasteiger partial charge is 0.404 e. The molecule has 3 aromatic rings. The maximum atomic E-state index is 15.1. The molecule has 2 aliphatic carbocycles. The number of benzene rings is 1. The number of aliphatic imine (C=N–C) groups is 1. The standard InChI is InChI=1S/C26H25F4N5OS/c27-19-10-16(26(28,29)30)3-6-18(19)21-22-24(35-25(37-22)13-1-2-13)34-23(33-21)14-7-8-36-20(9-14)15(11-31)12-32-17-4-5-17/h3,6,10-14,17,20H,1-2,4-5,7-9,31H2/t14-,20-/m1/s1. The number of hydrogen-bond acceptors (Lipinski definition) is 7. The molecule has 0 unspecified atom stereocenters. The molecule has 3 fully saturated rings. The summed E-state index contributed by atoms with van der Waals surface area (Å²) in [7, 11) is 0. The summed E-state index contributed by atoms with van der Waals surface area (Å²) in [6.45, 7) is 0.458. The number of ether oxygens (including phenoxy) is 1. The van der Waals surface area contributed by atoms with Crippen LogP contribution in [-0.2, 0) is 10.9 Å². The first-order valence-corrected chi connectivity index (χ1v) is 13.2. The summed E-state index contributed by atoms with van der Waals surface area (Å²) in [5, 5.41) is 0.907. The summed E-state index contributed by atoms with van der Waals surface area (Å²) in [6, 6.07) is 2.91. The molecule has 6 nitrogen and oxygen atoms in total. The first-order chi connectivity index (χ1) is 17.8. The summed E-state index contributed by atoms with van der Waals surface area (Å²) in [4.78, 5) is 18.7. The summed E-state index contributed by atoms with van der Waals surface area (Å²) >= 11 is 1.39. The summed E-state index contributed by atoms with van der Waals surface area (Å²) < 4.78 is 61.1. The van der Waals surface area contributed by atoms with Crippen LogP contribution < -0.4 is 5.73 Å². The Morgan fingerprint density at radius 1 is 1.08 bits per heavy atom. The van der Waals surface area contributed by atoms with Crippen LogP contribution >= 0.6 is 11.3 Å². The number of alkyl halides is 3. The topological polar surface area (TPSA) is 86.3 Å². The average Bonchev–Trinajstić information content (AvgIpc) is 3.82. The van der Waals surface area contributed by atoms with Crippen molar-refractivity contribution >= 4 is 27.9 Å². The van der Waals surface area contributed by atoms with Crippen molar-refractivity contribution in [3.63, 3.8) is 0 Å². The molecule has 3 heterocycles. The Morgan fingerprint density at radius 3 is 2.57 bits per heavy atom. The van der Waals surface area contributed by atoms with Crippen LogP contribution in [0.4, 0.5) is 17.6 Å². The van der Waals surface area contributed by atoms with E-state index in [1.165, 1.54) is 17.5 Å². The highest BCUT2D eigenvalue weighted by molar-refractivity contribution is 7.19. The second-order valence-electron chi connectivity index (χ2n) is 9.86. The largest absolute Gasteiger partial charge is 0.416 e. The van der Waals surface area contributed by atoms with Gasteiger partial charge in [-0.15, -0.1) is 11.3 Å². The van der Waals surface area contributed by atoms with Gasteiger partial charge in [0.25, 0.3) is 0 Å². The van der Waals surface area contributed by atoms with Crippen LogP contribution in [0.15, 0.2) is 35.0 Å². The van der Waals surface area contributed by atoms with Crippen LogP contribution in [-0.4, -0.2) is 39.9 Å². The van der Waals surface area contributed by atoms with Gasteiger partial charge in [-0.2, -0.15) is 13.2 Å². The molecule has 2 atom stereocenters. The van der Waals surface area contributed by atoms with Crippen LogP contribution in [0.2, 0.25) is 0 Å². The van der Waals surface area contributed by atoms with Gasteiger partial charge in [0.05, 0.1) is 28.4 Å². The van der Waals surface area contributed by atoms with Gasteiger partial charge in [0.15, 0.2) is 5.65 Å². The highest BCUT2D eigenvalue weighted by Crippen LogP contribution is 2.45. The van der Waals surface area contributed by atoms with Crippen LogP contribution in [0.5, 0.6) is 0 Å². The van der Waals surface area contributed by atoms with Crippen molar-refractivity contribution < 1.29 is 22.3 Å². The van der Waals surface area contributed by atoms with Crippen molar-refractivity contribution in [2.45, 2.75) is 68.7 Å². The molecule has 1 aliphatic heterocycles. The summed E-state index contributed by atoms with van der Waals surface area (Å²) in [6.07, 6.45) is 3.79. The van der Waals surface area contributed by atoms with E-state index in [1.807, 2.05) is 0 Å². The Kier molecular flexibility index (Phi) is 6.22. The van der Waals surface area contributed by atoms with E-state index >= 15 is 4.39 Å². The third kappa shape index (κ3) is 5.11. The van der Waals surface area contributed by atoms with Crippen molar-refractivity contribution in [2.24, 2.45) is 10.7 Å². The molecule has 0 spiro atoms. The van der Waals surface area contributed by atoms with Gasteiger partial charge in [0.1, 0.15) is 16.3 Å². The zero-order chi connectivity index (χ0) is 25.7. The van der Waals surface area contributed by atoms with E-state index in [2.05, 4.69) is 4.99 Å². The number of nitrogens with two attached hydrogens (primary N) is 1. The monoisotopic (exact) mass is 531 g/mol. The van der Waals surface area contributed by atoms with Crippen molar-refractivity contribution in [2.75, 3.05) is 6.61 Å². The number of hydrogen-bond donors (Lipinski definition) is 1. The van der Waals surface area contributed by atoms with Gasteiger partial charge in [-0.1, -0.05) is 0 Å². The lowest BCUT2D eigenvalue weighted by atomic mass is 9.91. The fourth-order valence-corrected chi connectivity index (χ4v) is 5.70. The molecule has 1 aromatic carbocycles. The fraction of sp³-hybridized carbons (Fsp3) is 0.462. The highest BCUT2D eigenvalue weighted by Gasteiger charge is 2.34. The van der Waals surface area contributed by atoms with Gasteiger partial charge in [-0.25, -0.2) is 19.3 Å². The Morgan fingerprint density at radius 2 is 1.89 bits per heavy atom. The molecule has 194 valence electrons. The van der Waals surface area contributed by atoms with Gasteiger partial charge < -0.3 is 10.5 Å². The number of rotatable bonds is 6. The summed E-state index contributed by atoms with van der Waals surface area (Å²) in [5.41, 5.74) is 6.37. The van der Waals surface area contributed by atoms with Crippen LogP contribution in [0.25, 0.3) is 21.6 Å². The normalized spacial score (nSPS) is 23.3. The number of halogens is 4. The maximum absolute atomic E-state index is 15.1. The van der Waals surface area contributed by atoms with Gasteiger partial charge in [0, 0.05) is 42.0 Å². The first kappa shape index (κ1) is 24.4. The maximum Gasteiger partial charge on any atom is 0.416 e. The SMILES string of the molecule is NC=C(C=NC1CC1)[C@H]1C[C@H](c2nc(-c3ccc(C(F)(F)F)cc3F)c3sc(C4CC4)nc3n2)CCO1. The quantitative estimate of drug-likeness (QED) is 0.306. The Hall–Kier alpha value is -2.92. The number of aromatic nitrogens is 3. The Labute approximate surface area is 214 Å². The van der Waals surface area contributed by atoms with Crippen molar-refractivity contribution in [3.05, 3.63) is 52.2 Å². The molecule has 1 saturated heterocycles. The van der Waals surface area contributed by atoms with Crippen molar-refractivity contribution in [3.8, 4) is 11.3 Å². The van der Waals surface area contributed by atoms with E-state index in [0.717, 1.165) is 48.4 Å². The fourth-order valence-electron chi connectivity index (χ4n) is 4.52. The molecule has 11 heteroatoms. The zero-order valence-corrected chi connectivity index (χ0v) is 20.7. The molecule has 0 amide bonds. The number of fused-ring (bicyclic) bond motifs is 1. The van der Waals surface area contributed by atoms with Crippen LogP contribution in [0, 0.1) is 5.82 Å². The van der Waals surface area contributed by atoms with E-state index in [4.69, 9.17) is 25.4 Å². The lowest BCUT2D eigenvalue weighted by molar-refractivity contribution is -0.137. The molecular weight excluding hydrogens is 506 g/mol. The molecule has 0 radical (unpaired) electrons. The lowest BCUT2D eigenvalue weighted by Gasteiger charge is -2.29. The van der Waals surface area contributed by atoms with E-state index in [0.29, 0.717) is 53.6 Å². The lowest BCUT2D eigenvalue weighted by Crippen LogP contribution is -2.28. The Balaban J connectivity index is 1.38. The Bertz CT molecular complexity index is 1390. The highest BCUT2D eigenvalue weighted by atomic mass is 32.1. The van der Waals surface area contributed by atoms with Gasteiger partial charge >= 0.3 is 6.18 Å². The van der Waals surface area contributed by atoms with E-state index in [1.54, 1.807) is 6.21 Å². The third-order valence-electron chi connectivity index (χ3n) is 6.96. The van der Waals surface area contributed by atoms with Gasteiger partial charge in [-0.3, -0.25) is 4.99 Å². The molecule has 2 N–H and O–H groups in total. The third-order valence-corrected chi connectivity index (χ3v) is 8.17. The molecule has 3 aliphatic rings. The van der Waals surface area contributed by atoms with Crippen molar-refractivity contribution in [1.82, 2.24) is 15.0 Å². The average molecular weight is 532 g/mol.